The van der Waals surface area contributed by atoms with E-state index >= 15 is 0 Å². The Kier molecular flexibility index (Phi) is 4.08. The van der Waals surface area contributed by atoms with Crippen LogP contribution < -0.4 is 4.72 Å². The van der Waals surface area contributed by atoms with Gasteiger partial charge in [0, 0.05) is 12.1 Å². The predicted molar refractivity (Wildman–Crippen MR) is 83.9 cm³/mol. The summed E-state index contributed by atoms with van der Waals surface area (Å²) >= 11 is 0. The molecule has 0 radical (unpaired) electrons. The molecule has 0 spiro atoms. The Balaban J connectivity index is 1.64. The Morgan fingerprint density at radius 1 is 1.05 bits per heavy atom. The van der Waals surface area contributed by atoms with Crippen LogP contribution in [0.2, 0.25) is 0 Å². The zero-order chi connectivity index (χ0) is 15.0. The number of nitrogens with one attached hydrogen (secondary N) is 1. The van der Waals surface area contributed by atoms with E-state index < -0.39 is 10.0 Å². The molecule has 1 saturated carbocycles. The largest absolute Gasteiger partial charge is 0.300 e. The number of hydrogen-bond acceptors (Lipinski definition) is 3. The van der Waals surface area contributed by atoms with E-state index in [9.17, 15) is 8.42 Å². The number of sulfonamides is 1. The predicted octanol–water partition coefficient (Wildman–Crippen LogP) is 2.21. The van der Waals surface area contributed by atoms with Crippen LogP contribution in [0.3, 0.4) is 0 Å². The number of aryl methyl sites for hydroxylation is 2. The standard InChI is InChI=1S/C16H24N2O2S/c1-12-3-6-16(11-13(12)2)21(19,20)17-14-7-9-18(10-8-14)15-4-5-15/h3,6,11,14-15,17H,4-5,7-10H2,1-2H3. The molecule has 0 bridgehead atoms. The molecule has 2 fully saturated rings. The molecule has 0 atom stereocenters. The minimum absolute atomic E-state index is 0.0756. The second kappa shape index (κ2) is 5.71. The monoisotopic (exact) mass is 308 g/mol. The SMILES string of the molecule is Cc1ccc(S(=O)(=O)NC2CCN(C3CC3)CC2)cc1C. The number of likely N-dealkylation sites (tertiary alicyclic amines) is 1. The molecule has 0 amide bonds. The Bertz CT molecular complexity index is 615. The summed E-state index contributed by atoms with van der Waals surface area (Å²) in [5.74, 6) is 0. The van der Waals surface area contributed by atoms with Gasteiger partial charge in [0.15, 0.2) is 0 Å². The molecule has 3 rings (SSSR count). The van der Waals surface area contributed by atoms with Gasteiger partial charge in [0.05, 0.1) is 4.90 Å². The van der Waals surface area contributed by atoms with Crippen molar-refractivity contribution in [1.82, 2.24) is 9.62 Å². The molecule has 116 valence electrons. The van der Waals surface area contributed by atoms with Crippen molar-refractivity contribution in [2.75, 3.05) is 13.1 Å². The van der Waals surface area contributed by atoms with Crippen LogP contribution in [0.15, 0.2) is 23.1 Å². The fourth-order valence-electron chi connectivity index (χ4n) is 2.99. The van der Waals surface area contributed by atoms with Crippen molar-refractivity contribution in [3.63, 3.8) is 0 Å². The maximum absolute atomic E-state index is 12.5. The van der Waals surface area contributed by atoms with E-state index in [-0.39, 0.29) is 6.04 Å². The highest BCUT2D eigenvalue weighted by Gasteiger charge is 2.32. The summed E-state index contributed by atoms with van der Waals surface area (Å²) < 4.78 is 27.8. The quantitative estimate of drug-likeness (QED) is 0.928. The van der Waals surface area contributed by atoms with Crippen LogP contribution in [0.25, 0.3) is 0 Å². The highest BCUT2D eigenvalue weighted by molar-refractivity contribution is 7.89. The van der Waals surface area contributed by atoms with E-state index in [0.29, 0.717) is 4.90 Å². The first kappa shape index (κ1) is 15.0. The van der Waals surface area contributed by atoms with Crippen LogP contribution in [0.5, 0.6) is 0 Å². The van der Waals surface area contributed by atoms with Crippen LogP contribution in [0, 0.1) is 13.8 Å². The lowest BCUT2D eigenvalue weighted by molar-refractivity contribution is 0.199. The third-order valence-corrected chi connectivity index (χ3v) is 6.22. The van der Waals surface area contributed by atoms with Crippen molar-refractivity contribution in [1.29, 1.82) is 0 Å². The number of nitrogens with zero attached hydrogens (tertiary/aromatic N) is 1. The molecule has 4 nitrogen and oxygen atoms in total. The Morgan fingerprint density at radius 3 is 2.29 bits per heavy atom. The second-order valence-corrected chi connectivity index (χ2v) is 8.12. The molecular weight excluding hydrogens is 284 g/mol. The van der Waals surface area contributed by atoms with Crippen molar-refractivity contribution in [3.05, 3.63) is 29.3 Å². The summed E-state index contributed by atoms with van der Waals surface area (Å²) in [6.45, 7) is 5.98. The molecule has 1 N–H and O–H groups in total. The van der Waals surface area contributed by atoms with Crippen LogP contribution >= 0.6 is 0 Å². The van der Waals surface area contributed by atoms with Crippen LogP contribution in [-0.4, -0.2) is 38.5 Å². The number of hydrogen-bond donors (Lipinski definition) is 1. The van der Waals surface area contributed by atoms with Crippen LogP contribution in [0.1, 0.15) is 36.8 Å². The van der Waals surface area contributed by atoms with Gasteiger partial charge in [-0.3, -0.25) is 0 Å². The van der Waals surface area contributed by atoms with Gasteiger partial charge in [0.25, 0.3) is 0 Å². The molecule has 2 aliphatic rings. The maximum atomic E-state index is 12.5. The smallest absolute Gasteiger partial charge is 0.240 e. The molecule has 0 aromatic heterocycles. The van der Waals surface area contributed by atoms with Gasteiger partial charge in [-0.05, 0) is 75.9 Å². The minimum atomic E-state index is -3.39. The van der Waals surface area contributed by atoms with E-state index in [1.807, 2.05) is 19.9 Å². The van der Waals surface area contributed by atoms with Gasteiger partial charge in [0.2, 0.25) is 10.0 Å². The third-order valence-electron chi connectivity index (χ3n) is 4.70. The van der Waals surface area contributed by atoms with Gasteiger partial charge < -0.3 is 4.90 Å². The molecule has 1 aromatic rings. The van der Waals surface area contributed by atoms with Gasteiger partial charge in [-0.25, -0.2) is 13.1 Å². The fraction of sp³-hybridized carbons (Fsp3) is 0.625. The summed E-state index contributed by atoms with van der Waals surface area (Å²) in [6, 6.07) is 6.19. The molecule has 5 heteroatoms. The lowest BCUT2D eigenvalue weighted by Crippen LogP contribution is -2.45. The highest BCUT2D eigenvalue weighted by Crippen LogP contribution is 2.29. The molecule has 0 unspecified atom stereocenters. The van der Waals surface area contributed by atoms with Crippen molar-refractivity contribution >= 4 is 10.0 Å². The second-order valence-electron chi connectivity index (χ2n) is 6.41. The van der Waals surface area contributed by atoms with Gasteiger partial charge in [0.1, 0.15) is 0 Å². The summed E-state index contributed by atoms with van der Waals surface area (Å²) in [4.78, 5) is 2.89. The minimum Gasteiger partial charge on any atom is -0.300 e. The van der Waals surface area contributed by atoms with E-state index in [1.54, 1.807) is 12.1 Å². The molecule has 1 aliphatic carbocycles. The maximum Gasteiger partial charge on any atom is 0.240 e. The van der Waals surface area contributed by atoms with Crippen LogP contribution in [0.4, 0.5) is 0 Å². The lowest BCUT2D eigenvalue weighted by Gasteiger charge is -2.32. The Labute approximate surface area is 127 Å². The van der Waals surface area contributed by atoms with Crippen LogP contribution in [-0.2, 0) is 10.0 Å². The number of piperidine rings is 1. The normalized spacial score (nSPS) is 21.6. The van der Waals surface area contributed by atoms with Crippen molar-refractivity contribution in [2.45, 2.75) is 56.5 Å². The van der Waals surface area contributed by atoms with Crippen molar-refractivity contribution in [2.24, 2.45) is 0 Å². The Hall–Kier alpha value is -0.910. The highest BCUT2D eigenvalue weighted by atomic mass is 32.2. The number of benzene rings is 1. The summed E-state index contributed by atoms with van der Waals surface area (Å²) in [5.41, 5.74) is 2.13. The summed E-state index contributed by atoms with van der Waals surface area (Å²) in [7, 11) is -3.39. The van der Waals surface area contributed by atoms with E-state index in [0.717, 1.165) is 43.1 Å². The zero-order valence-corrected chi connectivity index (χ0v) is 13.6. The average Bonchev–Trinajstić information content (AvgIpc) is 3.27. The first-order chi connectivity index (χ1) is 9.95. The first-order valence-corrected chi connectivity index (χ1v) is 9.28. The summed E-state index contributed by atoms with van der Waals surface area (Å²) in [5, 5.41) is 0. The molecule has 1 aliphatic heterocycles. The van der Waals surface area contributed by atoms with E-state index in [4.69, 9.17) is 0 Å². The average molecular weight is 308 g/mol. The topological polar surface area (TPSA) is 49.4 Å². The van der Waals surface area contributed by atoms with Gasteiger partial charge in [-0.15, -0.1) is 0 Å². The third kappa shape index (κ3) is 3.47. The summed E-state index contributed by atoms with van der Waals surface area (Å²) in [6.07, 6.45) is 4.47. The molecular formula is C16H24N2O2S. The number of rotatable bonds is 4. The van der Waals surface area contributed by atoms with Gasteiger partial charge >= 0.3 is 0 Å². The van der Waals surface area contributed by atoms with Crippen molar-refractivity contribution in [3.8, 4) is 0 Å². The van der Waals surface area contributed by atoms with Gasteiger partial charge in [-0.2, -0.15) is 0 Å². The van der Waals surface area contributed by atoms with Crippen molar-refractivity contribution < 1.29 is 8.42 Å². The zero-order valence-electron chi connectivity index (χ0n) is 12.8. The molecule has 21 heavy (non-hydrogen) atoms. The first-order valence-electron chi connectivity index (χ1n) is 7.79. The molecule has 1 aromatic carbocycles. The molecule has 1 heterocycles. The lowest BCUT2D eigenvalue weighted by atomic mass is 10.1. The Morgan fingerprint density at radius 2 is 1.71 bits per heavy atom. The van der Waals surface area contributed by atoms with E-state index in [2.05, 4.69) is 9.62 Å². The molecule has 1 saturated heterocycles. The fourth-order valence-corrected chi connectivity index (χ4v) is 4.38. The van der Waals surface area contributed by atoms with E-state index in [1.165, 1.54) is 12.8 Å². The van der Waals surface area contributed by atoms with Gasteiger partial charge in [-0.1, -0.05) is 6.07 Å².